The molecule has 0 aromatic carbocycles. The van der Waals surface area contributed by atoms with E-state index in [9.17, 15) is 14.4 Å². The Bertz CT molecular complexity index is 1750. The van der Waals surface area contributed by atoms with Crippen molar-refractivity contribution >= 4 is 17.9 Å². The molecule has 0 radical (unpaired) electrons. The summed E-state index contributed by atoms with van der Waals surface area (Å²) in [5.74, 6) is -0.964. The molecule has 0 aliphatic heterocycles. The van der Waals surface area contributed by atoms with Crippen LogP contribution in [0.1, 0.15) is 316 Å². The average Bonchev–Trinajstić information content (AvgIpc) is 3.49. The molecule has 0 amide bonds. The highest BCUT2D eigenvalue weighted by molar-refractivity contribution is 5.71. The standard InChI is InChI=1S/C77H128O6/c1-4-7-10-13-16-19-22-25-27-29-30-31-32-33-34-35-36-37-38-39-40-41-42-43-44-45-46-48-49-52-55-58-61-64-67-70-76(79)82-73-74(72-81-75(78)69-66-63-60-57-54-51-24-21-18-15-12-9-6-3)83-77(80)71-68-65-62-59-56-53-50-47-28-26-23-20-17-14-11-8-5-2/h7-8,10-11,16-17,19-21,24-28,30-31,33-34,50,53,59,62,74H,4-6,9,12-15,18,22-23,29,32,35-49,51-52,54-58,60-61,63-73H2,1-3H3/b10-7-,11-8-,19-16-,20-17-,24-21-,27-25-,28-26-,31-30-,34-33-,53-50-,62-59-. The summed E-state index contributed by atoms with van der Waals surface area (Å²) >= 11 is 0. The van der Waals surface area contributed by atoms with Gasteiger partial charge in [-0.15, -0.1) is 0 Å². The van der Waals surface area contributed by atoms with E-state index in [-0.39, 0.29) is 37.5 Å². The molecule has 0 heterocycles. The van der Waals surface area contributed by atoms with E-state index in [0.717, 1.165) is 122 Å². The lowest BCUT2D eigenvalue weighted by molar-refractivity contribution is -0.167. The SMILES string of the molecule is CC/C=C\C/C=C\C/C=C\C/C=C\C/C=C\CCCCCCCCCCCCCCCCCCCCCC(=O)OCC(COC(=O)CCCCCCC/C=C\CCCCCC)OC(=O)CCC/C=C\C/C=C\C/C=C\C/C=C\C/C=C\CC. The maximum atomic E-state index is 12.9. The Morgan fingerprint density at radius 1 is 0.253 bits per heavy atom. The fourth-order valence-corrected chi connectivity index (χ4v) is 9.50. The lowest BCUT2D eigenvalue weighted by Gasteiger charge is -2.18. The highest BCUT2D eigenvalue weighted by Crippen LogP contribution is 2.17. The molecule has 0 saturated heterocycles. The van der Waals surface area contributed by atoms with Crippen LogP contribution >= 0.6 is 0 Å². The van der Waals surface area contributed by atoms with E-state index >= 15 is 0 Å². The van der Waals surface area contributed by atoms with E-state index in [0.29, 0.717) is 19.3 Å². The molecule has 0 aliphatic carbocycles. The molecule has 83 heavy (non-hydrogen) atoms. The Labute approximate surface area is 513 Å². The van der Waals surface area contributed by atoms with Gasteiger partial charge in [-0.1, -0.05) is 302 Å². The van der Waals surface area contributed by atoms with Gasteiger partial charge < -0.3 is 14.2 Å². The lowest BCUT2D eigenvalue weighted by Crippen LogP contribution is -2.30. The summed E-state index contributed by atoms with van der Waals surface area (Å²) in [5.41, 5.74) is 0. The molecule has 0 aromatic rings. The van der Waals surface area contributed by atoms with Gasteiger partial charge in [0.2, 0.25) is 0 Å². The van der Waals surface area contributed by atoms with Gasteiger partial charge in [0.1, 0.15) is 13.2 Å². The van der Waals surface area contributed by atoms with Gasteiger partial charge in [0.05, 0.1) is 0 Å². The third kappa shape index (κ3) is 68.2. The molecule has 0 aliphatic rings. The molecule has 0 spiro atoms. The number of allylic oxidation sites excluding steroid dienone is 22. The minimum atomic E-state index is -0.814. The van der Waals surface area contributed by atoms with E-state index in [1.54, 1.807) is 0 Å². The first-order valence-corrected chi connectivity index (χ1v) is 34.7. The van der Waals surface area contributed by atoms with Crippen molar-refractivity contribution in [2.24, 2.45) is 0 Å². The van der Waals surface area contributed by atoms with E-state index in [1.807, 2.05) is 0 Å². The van der Waals surface area contributed by atoms with Gasteiger partial charge >= 0.3 is 17.9 Å². The van der Waals surface area contributed by atoms with Crippen LogP contribution in [0.15, 0.2) is 134 Å². The quantitative estimate of drug-likeness (QED) is 0.0261. The maximum absolute atomic E-state index is 12.9. The van der Waals surface area contributed by atoms with Gasteiger partial charge in [-0.2, -0.15) is 0 Å². The molecule has 1 unspecified atom stereocenters. The first-order valence-electron chi connectivity index (χ1n) is 34.7. The summed E-state index contributed by atoms with van der Waals surface area (Å²) < 4.78 is 16.9. The molecule has 0 N–H and O–H groups in total. The summed E-state index contributed by atoms with van der Waals surface area (Å²) in [5, 5.41) is 0. The molecule has 0 fully saturated rings. The summed E-state index contributed by atoms with van der Waals surface area (Å²) in [6.07, 6.45) is 99.3. The zero-order valence-corrected chi connectivity index (χ0v) is 54.2. The van der Waals surface area contributed by atoms with Crippen molar-refractivity contribution in [1.82, 2.24) is 0 Å². The maximum Gasteiger partial charge on any atom is 0.306 e. The Kier molecular flexibility index (Phi) is 66.3. The van der Waals surface area contributed by atoms with Crippen molar-refractivity contribution in [1.29, 1.82) is 0 Å². The Hall–Kier alpha value is -4.45. The zero-order chi connectivity index (χ0) is 59.9. The van der Waals surface area contributed by atoms with Crippen LogP contribution in [0.3, 0.4) is 0 Å². The van der Waals surface area contributed by atoms with Crippen molar-refractivity contribution in [3.05, 3.63) is 134 Å². The number of rotatable bonds is 62. The smallest absolute Gasteiger partial charge is 0.306 e. The Balaban J connectivity index is 4.20. The van der Waals surface area contributed by atoms with Gasteiger partial charge in [0.15, 0.2) is 6.10 Å². The van der Waals surface area contributed by atoms with Crippen LogP contribution in [0.25, 0.3) is 0 Å². The van der Waals surface area contributed by atoms with Crippen molar-refractivity contribution in [2.75, 3.05) is 13.2 Å². The average molecular weight is 1150 g/mol. The first-order chi connectivity index (χ1) is 41.0. The van der Waals surface area contributed by atoms with Crippen molar-refractivity contribution in [3.63, 3.8) is 0 Å². The van der Waals surface area contributed by atoms with Crippen LogP contribution in [0.5, 0.6) is 0 Å². The second kappa shape index (κ2) is 70.0. The zero-order valence-electron chi connectivity index (χ0n) is 54.2. The van der Waals surface area contributed by atoms with Gasteiger partial charge in [0, 0.05) is 19.3 Å². The highest BCUT2D eigenvalue weighted by Gasteiger charge is 2.19. The number of carbonyl (C=O) groups is 3. The number of unbranched alkanes of at least 4 members (excludes halogenated alkanes) is 29. The van der Waals surface area contributed by atoms with Crippen LogP contribution in [-0.2, 0) is 28.6 Å². The van der Waals surface area contributed by atoms with Crippen LogP contribution < -0.4 is 0 Å². The third-order valence-electron chi connectivity index (χ3n) is 14.6. The molecule has 0 aromatic heterocycles. The molecule has 6 nitrogen and oxygen atoms in total. The van der Waals surface area contributed by atoms with Gasteiger partial charge in [-0.25, -0.2) is 0 Å². The number of hydrogen-bond donors (Lipinski definition) is 0. The predicted octanol–water partition coefficient (Wildman–Crippen LogP) is 24.1. The third-order valence-corrected chi connectivity index (χ3v) is 14.6. The van der Waals surface area contributed by atoms with E-state index < -0.39 is 6.10 Å². The van der Waals surface area contributed by atoms with Crippen LogP contribution in [0, 0.1) is 0 Å². The summed E-state index contributed by atoms with van der Waals surface area (Å²) in [4.78, 5) is 38.3. The van der Waals surface area contributed by atoms with Gasteiger partial charge in [-0.3, -0.25) is 14.4 Å². The molecule has 0 saturated carbocycles. The monoisotopic (exact) mass is 1150 g/mol. The number of esters is 3. The van der Waals surface area contributed by atoms with Crippen molar-refractivity contribution in [3.8, 4) is 0 Å². The molecule has 1 atom stereocenters. The normalized spacial score (nSPS) is 13.0. The lowest BCUT2D eigenvalue weighted by atomic mass is 10.0. The van der Waals surface area contributed by atoms with Crippen LogP contribution in [0.2, 0.25) is 0 Å². The molecule has 472 valence electrons. The molecular formula is C77H128O6. The second-order valence-corrected chi connectivity index (χ2v) is 22.7. The Morgan fingerprint density at radius 2 is 0.482 bits per heavy atom. The molecule has 6 heteroatoms. The van der Waals surface area contributed by atoms with Gasteiger partial charge in [-0.05, 0) is 128 Å². The second-order valence-electron chi connectivity index (χ2n) is 22.7. The fraction of sp³-hybridized carbons (Fsp3) is 0.675. The predicted molar refractivity (Wildman–Crippen MR) is 362 cm³/mol. The van der Waals surface area contributed by atoms with Crippen molar-refractivity contribution in [2.45, 2.75) is 322 Å². The van der Waals surface area contributed by atoms with E-state index in [4.69, 9.17) is 14.2 Å². The van der Waals surface area contributed by atoms with E-state index in [1.165, 1.54) is 148 Å². The summed E-state index contributed by atoms with van der Waals surface area (Å²) in [6.45, 7) is 6.36. The largest absolute Gasteiger partial charge is 0.462 e. The van der Waals surface area contributed by atoms with E-state index in [2.05, 4.69) is 154 Å². The first kappa shape index (κ1) is 78.5. The minimum Gasteiger partial charge on any atom is -0.462 e. The van der Waals surface area contributed by atoms with Crippen LogP contribution in [0.4, 0.5) is 0 Å². The molecular weight excluding hydrogens is 1020 g/mol. The van der Waals surface area contributed by atoms with Gasteiger partial charge in [0.25, 0.3) is 0 Å². The summed E-state index contributed by atoms with van der Waals surface area (Å²) in [7, 11) is 0. The fourth-order valence-electron chi connectivity index (χ4n) is 9.50. The minimum absolute atomic E-state index is 0.103. The van der Waals surface area contributed by atoms with Crippen LogP contribution in [-0.4, -0.2) is 37.2 Å². The molecule has 0 rings (SSSR count). The number of ether oxygens (including phenoxy) is 3. The Morgan fingerprint density at radius 3 is 0.783 bits per heavy atom. The number of carbonyl (C=O) groups excluding carboxylic acids is 3. The van der Waals surface area contributed by atoms with Crippen molar-refractivity contribution < 1.29 is 28.6 Å². The molecule has 0 bridgehead atoms. The highest BCUT2D eigenvalue weighted by atomic mass is 16.6. The topological polar surface area (TPSA) is 78.9 Å². The summed E-state index contributed by atoms with van der Waals surface area (Å²) in [6, 6.07) is 0. The number of hydrogen-bond acceptors (Lipinski definition) is 6.